The SMILES string of the molecule is Cc1[nH]nc2cc(N(C)c3ccnc(Nc4cc(S)ccc4F)n3)ccc12. The highest BCUT2D eigenvalue weighted by molar-refractivity contribution is 7.80. The second-order valence-corrected chi connectivity index (χ2v) is 6.65. The summed E-state index contributed by atoms with van der Waals surface area (Å²) in [4.78, 5) is 11.2. The zero-order valence-electron chi connectivity index (χ0n) is 14.7. The van der Waals surface area contributed by atoms with Crippen LogP contribution in [0.3, 0.4) is 0 Å². The number of halogens is 1. The maximum Gasteiger partial charge on any atom is 0.229 e. The molecule has 0 bridgehead atoms. The molecule has 8 heteroatoms. The predicted octanol–water partition coefficient (Wildman–Crippen LogP) is 4.60. The first kappa shape index (κ1) is 17.3. The summed E-state index contributed by atoms with van der Waals surface area (Å²) in [7, 11) is 1.90. The number of hydrogen-bond acceptors (Lipinski definition) is 6. The lowest BCUT2D eigenvalue weighted by Crippen LogP contribution is -2.12. The molecule has 2 heterocycles. The number of fused-ring (bicyclic) bond motifs is 1. The number of H-pyrrole nitrogens is 1. The Morgan fingerprint density at radius 1 is 1.15 bits per heavy atom. The summed E-state index contributed by atoms with van der Waals surface area (Å²) in [5.74, 6) is 0.574. The Bertz CT molecular complexity index is 1130. The van der Waals surface area contributed by atoms with Crippen molar-refractivity contribution >= 4 is 46.7 Å². The molecule has 2 N–H and O–H groups in total. The molecule has 0 unspecified atom stereocenters. The van der Waals surface area contributed by atoms with E-state index in [-0.39, 0.29) is 5.69 Å². The number of nitrogens with one attached hydrogen (secondary N) is 2. The number of rotatable bonds is 4. The van der Waals surface area contributed by atoms with Gasteiger partial charge in [-0.05, 0) is 49.4 Å². The van der Waals surface area contributed by atoms with E-state index in [0.717, 1.165) is 22.3 Å². The van der Waals surface area contributed by atoms with E-state index in [9.17, 15) is 4.39 Å². The summed E-state index contributed by atoms with van der Waals surface area (Å²) in [5.41, 5.74) is 3.12. The van der Waals surface area contributed by atoms with Crippen LogP contribution < -0.4 is 10.2 Å². The molecule has 0 spiro atoms. The molecule has 0 saturated heterocycles. The van der Waals surface area contributed by atoms with E-state index in [1.165, 1.54) is 6.07 Å². The first-order valence-corrected chi connectivity index (χ1v) is 8.73. The zero-order valence-corrected chi connectivity index (χ0v) is 15.6. The van der Waals surface area contributed by atoms with Crippen molar-refractivity contribution in [2.24, 2.45) is 0 Å². The van der Waals surface area contributed by atoms with Gasteiger partial charge in [-0.3, -0.25) is 5.10 Å². The zero-order chi connectivity index (χ0) is 19.0. The van der Waals surface area contributed by atoms with Gasteiger partial charge in [0.15, 0.2) is 0 Å². The minimum atomic E-state index is -0.394. The van der Waals surface area contributed by atoms with Crippen LogP contribution in [-0.2, 0) is 0 Å². The molecule has 6 nitrogen and oxygen atoms in total. The molecule has 136 valence electrons. The summed E-state index contributed by atoms with van der Waals surface area (Å²) >= 11 is 4.24. The standard InChI is InChI=1S/C19H17FN6S/c1-11-14-5-3-12(9-16(14)25-24-11)26(2)18-7-8-21-19(23-18)22-17-10-13(27)4-6-15(17)20/h3-10,27H,1-2H3,(H,24,25)(H,21,22,23). The van der Waals surface area contributed by atoms with Crippen LogP contribution in [0.15, 0.2) is 53.6 Å². The van der Waals surface area contributed by atoms with E-state index in [4.69, 9.17) is 0 Å². The number of nitrogens with zero attached hydrogens (tertiary/aromatic N) is 4. The van der Waals surface area contributed by atoms with Crippen LogP contribution >= 0.6 is 12.6 Å². The molecule has 0 atom stereocenters. The minimum Gasteiger partial charge on any atom is -0.329 e. The number of thiol groups is 1. The molecule has 0 aliphatic rings. The molecule has 4 rings (SSSR count). The van der Waals surface area contributed by atoms with Crippen LogP contribution in [0.1, 0.15) is 5.69 Å². The Morgan fingerprint density at radius 2 is 2.00 bits per heavy atom. The highest BCUT2D eigenvalue weighted by atomic mass is 32.1. The average Bonchev–Trinajstić information content (AvgIpc) is 3.05. The maximum atomic E-state index is 14.0. The fourth-order valence-corrected chi connectivity index (χ4v) is 3.00. The van der Waals surface area contributed by atoms with E-state index >= 15 is 0 Å². The van der Waals surface area contributed by atoms with Crippen molar-refractivity contribution in [3.8, 4) is 0 Å². The van der Waals surface area contributed by atoms with Gasteiger partial charge in [0.05, 0.1) is 11.2 Å². The first-order chi connectivity index (χ1) is 13.0. The van der Waals surface area contributed by atoms with Crippen molar-refractivity contribution in [2.45, 2.75) is 11.8 Å². The summed E-state index contributed by atoms with van der Waals surface area (Å²) in [6.07, 6.45) is 1.63. The number of benzene rings is 2. The Hall–Kier alpha value is -3.13. The summed E-state index contributed by atoms with van der Waals surface area (Å²) in [6.45, 7) is 1.99. The van der Waals surface area contributed by atoms with Crippen LogP contribution in [0.25, 0.3) is 10.9 Å². The fraction of sp³-hybridized carbons (Fsp3) is 0.105. The number of anilines is 4. The molecule has 0 aliphatic carbocycles. The number of aromatic nitrogens is 4. The second kappa shape index (κ2) is 6.88. The van der Waals surface area contributed by atoms with Crippen molar-refractivity contribution in [1.29, 1.82) is 0 Å². The third-order valence-electron chi connectivity index (χ3n) is 4.30. The lowest BCUT2D eigenvalue weighted by molar-refractivity contribution is 0.630. The Kier molecular flexibility index (Phi) is 4.41. The number of hydrogen-bond donors (Lipinski definition) is 3. The lowest BCUT2D eigenvalue weighted by Gasteiger charge is -2.19. The third-order valence-corrected chi connectivity index (χ3v) is 4.58. The van der Waals surface area contributed by atoms with Crippen molar-refractivity contribution in [3.63, 3.8) is 0 Å². The molecule has 0 radical (unpaired) electrons. The third kappa shape index (κ3) is 3.43. The van der Waals surface area contributed by atoms with Gasteiger partial charge in [-0.1, -0.05) is 0 Å². The maximum absolute atomic E-state index is 14.0. The smallest absolute Gasteiger partial charge is 0.229 e. The molecule has 0 aliphatic heterocycles. The van der Waals surface area contributed by atoms with E-state index in [2.05, 4.69) is 38.1 Å². The summed E-state index contributed by atoms with van der Waals surface area (Å²) in [6, 6.07) is 12.3. The molecule has 27 heavy (non-hydrogen) atoms. The predicted molar refractivity (Wildman–Crippen MR) is 108 cm³/mol. The van der Waals surface area contributed by atoms with Gasteiger partial charge in [-0.15, -0.1) is 12.6 Å². The van der Waals surface area contributed by atoms with Crippen molar-refractivity contribution in [1.82, 2.24) is 20.2 Å². The van der Waals surface area contributed by atoms with Crippen LogP contribution in [0, 0.1) is 12.7 Å². The van der Waals surface area contributed by atoms with Crippen LogP contribution in [0.5, 0.6) is 0 Å². The molecule has 0 saturated carbocycles. The molecule has 2 aromatic carbocycles. The van der Waals surface area contributed by atoms with Crippen molar-refractivity contribution in [2.75, 3.05) is 17.3 Å². The molecule has 0 fully saturated rings. The van der Waals surface area contributed by atoms with Gasteiger partial charge in [-0.25, -0.2) is 9.37 Å². The van der Waals surface area contributed by atoms with E-state index in [1.807, 2.05) is 37.1 Å². The molecule has 0 amide bonds. The van der Waals surface area contributed by atoms with Gasteiger partial charge in [-0.2, -0.15) is 10.1 Å². The summed E-state index contributed by atoms with van der Waals surface area (Å²) < 4.78 is 14.0. The van der Waals surface area contributed by atoms with Crippen molar-refractivity contribution < 1.29 is 4.39 Å². The monoisotopic (exact) mass is 380 g/mol. The minimum absolute atomic E-state index is 0.274. The Balaban J connectivity index is 1.63. The first-order valence-electron chi connectivity index (χ1n) is 8.28. The highest BCUT2D eigenvalue weighted by Crippen LogP contribution is 2.27. The van der Waals surface area contributed by atoms with Gasteiger partial charge in [0.25, 0.3) is 0 Å². The molecular weight excluding hydrogens is 363 g/mol. The van der Waals surface area contributed by atoms with E-state index < -0.39 is 5.82 Å². The van der Waals surface area contributed by atoms with Crippen LogP contribution in [0.4, 0.5) is 27.5 Å². The average molecular weight is 380 g/mol. The van der Waals surface area contributed by atoms with Gasteiger partial charge in [0.1, 0.15) is 11.6 Å². The van der Waals surface area contributed by atoms with Crippen molar-refractivity contribution in [3.05, 3.63) is 60.2 Å². The fourth-order valence-electron chi connectivity index (χ4n) is 2.80. The molecular formula is C19H17FN6S. The Morgan fingerprint density at radius 3 is 2.85 bits per heavy atom. The quantitative estimate of drug-likeness (QED) is 0.452. The van der Waals surface area contributed by atoms with Gasteiger partial charge < -0.3 is 10.2 Å². The Labute approximate surface area is 160 Å². The van der Waals surface area contributed by atoms with E-state index in [0.29, 0.717) is 16.7 Å². The molecule has 4 aromatic rings. The van der Waals surface area contributed by atoms with Gasteiger partial charge in [0.2, 0.25) is 5.95 Å². The second-order valence-electron chi connectivity index (χ2n) is 6.14. The number of aryl methyl sites for hydroxylation is 1. The van der Waals surface area contributed by atoms with Gasteiger partial charge in [0, 0.05) is 34.9 Å². The largest absolute Gasteiger partial charge is 0.329 e. The topological polar surface area (TPSA) is 69.7 Å². The molecule has 2 aromatic heterocycles. The summed E-state index contributed by atoms with van der Waals surface area (Å²) in [5, 5.41) is 11.3. The van der Waals surface area contributed by atoms with Gasteiger partial charge >= 0.3 is 0 Å². The lowest BCUT2D eigenvalue weighted by atomic mass is 10.2. The van der Waals surface area contributed by atoms with Crippen LogP contribution in [0.2, 0.25) is 0 Å². The normalized spacial score (nSPS) is 11.0. The number of aromatic amines is 1. The highest BCUT2D eigenvalue weighted by Gasteiger charge is 2.11. The van der Waals surface area contributed by atoms with E-state index in [1.54, 1.807) is 24.4 Å². The van der Waals surface area contributed by atoms with Crippen LogP contribution in [-0.4, -0.2) is 27.2 Å².